The van der Waals surface area contributed by atoms with Gasteiger partial charge < -0.3 is 11.5 Å². The van der Waals surface area contributed by atoms with Crippen molar-refractivity contribution >= 4 is 16.5 Å². The number of nitrogens with one attached hydrogen (secondary N) is 1. The lowest BCUT2D eigenvalue weighted by molar-refractivity contribution is 0.481. The monoisotopic (exact) mass is 220 g/mol. The Morgan fingerprint density at radius 2 is 2.00 bits per heavy atom. The van der Waals surface area contributed by atoms with Crippen LogP contribution in [0.15, 0.2) is 27.8 Å². The van der Waals surface area contributed by atoms with Gasteiger partial charge in [0.25, 0.3) is 11.1 Å². The number of benzene rings is 1. The molecule has 16 heavy (non-hydrogen) atoms. The summed E-state index contributed by atoms with van der Waals surface area (Å²) in [6.07, 6.45) is -0.581. The standard InChI is InChI=1S/C10H12N4O2/c1-5(11)14-10(16)7-3-2-6(12)4-8(7)9(15)13-14/h2-5H,11-12H2,1H3,(H,13,15). The van der Waals surface area contributed by atoms with Gasteiger partial charge in [-0.25, -0.2) is 4.68 Å². The minimum absolute atomic E-state index is 0.280. The average molecular weight is 220 g/mol. The number of H-pyrrole nitrogens is 1. The molecule has 0 aliphatic rings. The van der Waals surface area contributed by atoms with E-state index in [1.165, 1.54) is 12.1 Å². The lowest BCUT2D eigenvalue weighted by atomic mass is 10.2. The highest BCUT2D eigenvalue weighted by Crippen LogP contribution is 2.09. The number of rotatable bonds is 1. The van der Waals surface area contributed by atoms with Gasteiger partial charge in [-0.1, -0.05) is 0 Å². The van der Waals surface area contributed by atoms with Gasteiger partial charge in [-0.3, -0.25) is 14.7 Å². The zero-order chi connectivity index (χ0) is 11.9. The van der Waals surface area contributed by atoms with Gasteiger partial charge in [0.05, 0.1) is 16.9 Å². The molecule has 1 atom stereocenters. The van der Waals surface area contributed by atoms with Crippen LogP contribution in [0.2, 0.25) is 0 Å². The van der Waals surface area contributed by atoms with Gasteiger partial charge in [-0.05, 0) is 25.1 Å². The Labute approximate surface area is 90.5 Å². The van der Waals surface area contributed by atoms with Gasteiger partial charge in [0.2, 0.25) is 0 Å². The number of hydrogen-bond acceptors (Lipinski definition) is 4. The summed E-state index contributed by atoms with van der Waals surface area (Å²) in [7, 11) is 0. The third-order valence-corrected chi connectivity index (χ3v) is 2.37. The molecule has 1 aromatic heterocycles. The summed E-state index contributed by atoms with van der Waals surface area (Å²) < 4.78 is 1.10. The summed E-state index contributed by atoms with van der Waals surface area (Å²) in [5.41, 5.74) is 10.9. The second-order valence-corrected chi connectivity index (χ2v) is 3.66. The highest BCUT2D eigenvalue weighted by Gasteiger charge is 2.09. The Morgan fingerprint density at radius 1 is 1.31 bits per heavy atom. The molecule has 0 saturated heterocycles. The van der Waals surface area contributed by atoms with Crippen LogP contribution >= 0.6 is 0 Å². The molecule has 1 unspecified atom stereocenters. The number of aromatic nitrogens is 2. The number of fused-ring (bicyclic) bond motifs is 1. The number of anilines is 1. The van der Waals surface area contributed by atoms with E-state index in [4.69, 9.17) is 11.5 Å². The van der Waals surface area contributed by atoms with Gasteiger partial charge in [-0.2, -0.15) is 0 Å². The SMILES string of the molecule is CC(N)n1[nH]c(=O)c2cc(N)ccc2c1=O. The van der Waals surface area contributed by atoms with Crippen LogP contribution < -0.4 is 22.6 Å². The largest absolute Gasteiger partial charge is 0.399 e. The van der Waals surface area contributed by atoms with E-state index in [9.17, 15) is 9.59 Å². The zero-order valence-corrected chi connectivity index (χ0v) is 8.73. The molecule has 1 aromatic carbocycles. The maximum Gasteiger partial charge on any atom is 0.274 e. The zero-order valence-electron chi connectivity index (χ0n) is 8.73. The van der Waals surface area contributed by atoms with E-state index in [1.54, 1.807) is 13.0 Å². The van der Waals surface area contributed by atoms with E-state index in [2.05, 4.69) is 5.10 Å². The summed E-state index contributed by atoms with van der Waals surface area (Å²) in [4.78, 5) is 23.6. The maximum absolute atomic E-state index is 11.9. The van der Waals surface area contributed by atoms with Crippen LogP contribution in [-0.4, -0.2) is 9.78 Å². The van der Waals surface area contributed by atoms with Crippen molar-refractivity contribution in [3.05, 3.63) is 38.9 Å². The van der Waals surface area contributed by atoms with Crippen LogP contribution in [0.1, 0.15) is 13.1 Å². The number of nitrogen functional groups attached to an aromatic ring is 1. The highest BCUT2D eigenvalue weighted by atomic mass is 16.2. The number of nitrogens with two attached hydrogens (primary N) is 2. The van der Waals surface area contributed by atoms with E-state index in [0.717, 1.165) is 4.68 Å². The van der Waals surface area contributed by atoms with Crippen molar-refractivity contribution < 1.29 is 0 Å². The first-order chi connectivity index (χ1) is 7.50. The Hall–Kier alpha value is -2.08. The van der Waals surface area contributed by atoms with E-state index in [-0.39, 0.29) is 16.5 Å². The minimum Gasteiger partial charge on any atom is -0.399 e. The molecule has 0 fully saturated rings. The molecule has 0 amide bonds. The van der Waals surface area contributed by atoms with Crippen LogP contribution in [0.5, 0.6) is 0 Å². The van der Waals surface area contributed by atoms with Crippen molar-refractivity contribution in [3.8, 4) is 0 Å². The van der Waals surface area contributed by atoms with Crippen molar-refractivity contribution in [2.24, 2.45) is 5.73 Å². The van der Waals surface area contributed by atoms with E-state index < -0.39 is 6.17 Å². The van der Waals surface area contributed by atoms with Gasteiger partial charge in [0.15, 0.2) is 0 Å². The molecule has 84 valence electrons. The lowest BCUT2D eigenvalue weighted by Gasteiger charge is -2.10. The van der Waals surface area contributed by atoms with Crippen LogP contribution in [0, 0.1) is 0 Å². The third kappa shape index (κ3) is 1.49. The maximum atomic E-state index is 11.9. The van der Waals surface area contributed by atoms with Crippen LogP contribution in [0.3, 0.4) is 0 Å². The average Bonchev–Trinajstić information content (AvgIpc) is 2.22. The van der Waals surface area contributed by atoms with Gasteiger partial charge in [0, 0.05) is 5.69 Å². The summed E-state index contributed by atoms with van der Waals surface area (Å²) in [5.74, 6) is 0. The van der Waals surface area contributed by atoms with Crippen LogP contribution in [-0.2, 0) is 0 Å². The molecule has 0 radical (unpaired) electrons. The van der Waals surface area contributed by atoms with Gasteiger partial charge in [0.1, 0.15) is 0 Å². The van der Waals surface area contributed by atoms with E-state index >= 15 is 0 Å². The van der Waals surface area contributed by atoms with Crippen LogP contribution in [0.25, 0.3) is 10.8 Å². The van der Waals surface area contributed by atoms with Crippen molar-refractivity contribution in [3.63, 3.8) is 0 Å². The summed E-state index contributed by atoms with van der Waals surface area (Å²) in [6, 6.07) is 4.58. The topological polar surface area (TPSA) is 107 Å². The highest BCUT2D eigenvalue weighted by molar-refractivity contribution is 5.83. The molecule has 0 spiro atoms. The number of nitrogens with zero attached hydrogens (tertiary/aromatic N) is 1. The minimum atomic E-state index is -0.581. The van der Waals surface area contributed by atoms with Crippen molar-refractivity contribution in [2.75, 3.05) is 5.73 Å². The molecule has 6 heteroatoms. The molecule has 0 aliphatic carbocycles. The normalized spacial score (nSPS) is 12.9. The van der Waals surface area contributed by atoms with Crippen LogP contribution in [0.4, 0.5) is 5.69 Å². The second kappa shape index (κ2) is 3.49. The Balaban J connectivity index is 2.96. The van der Waals surface area contributed by atoms with Crippen molar-refractivity contribution in [1.82, 2.24) is 9.78 Å². The van der Waals surface area contributed by atoms with Crippen molar-refractivity contribution in [2.45, 2.75) is 13.1 Å². The first kappa shape index (κ1) is 10.4. The quantitative estimate of drug-likeness (QED) is 0.576. The summed E-state index contributed by atoms with van der Waals surface area (Å²) in [6.45, 7) is 1.61. The Bertz CT molecular complexity index is 654. The lowest BCUT2D eigenvalue weighted by Crippen LogP contribution is -2.35. The predicted molar refractivity (Wildman–Crippen MR) is 62.1 cm³/mol. The first-order valence-corrected chi connectivity index (χ1v) is 4.80. The fraction of sp³-hybridized carbons (Fsp3) is 0.200. The Kier molecular flexibility index (Phi) is 2.28. The number of aromatic amines is 1. The molecule has 5 N–H and O–H groups in total. The smallest absolute Gasteiger partial charge is 0.274 e. The van der Waals surface area contributed by atoms with Crippen molar-refractivity contribution in [1.29, 1.82) is 0 Å². The summed E-state index contributed by atoms with van der Waals surface area (Å²) >= 11 is 0. The molecule has 2 rings (SSSR count). The fourth-order valence-electron chi connectivity index (χ4n) is 1.57. The fourth-order valence-corrected chi connectivity index (χ4v) is 1.57. The predicted octanol–water partition coefficient (Wildman–Crippen LogP) is -0.251. The van der Waals surface area contributed by atoms with Gasteiger partial charge in [-0.15, -0.1) is 0 Å². The molecule has 0 saturated carbocycles. The Morgan fingerprint density at radius 3 is 2.62 bits per heavy atom. The van der Waals surface area contributed by atoms with E-state index in [0.29, 0.717) is 11.1 Å². The molecule has 2 aromatic rings. The summed E-state index contributed by atoms with van der Waals surface area (Å²) in [5, 5.41) is 3.01. The molecule has 1 heterocycles. The second-order valence-electron chi connectivity index (χ2n) is 3.66. The van der Waals surface area contributed by atoms with Gasteiger partial charge >= 0.3 is 0 Å². The number of hydrogen-bond donors (Lipinski definition) is 3. The first-order valence-electron chi connectivity index (χ1n) is 4.80. The molecule has 6 nitrogen and oxygen atoms in total. The molecular formula is C10H12N4O2. The molecule has 0 aliphatic heterocycles. The van der Waals surface area contributed by atoms with E-state index in [1.807, 2.05) is 0 Å². The third-order valence-electron chi connectivity index (χ3n) is 2.37. The molecular weight excluding hydrogens is 208 g/mol. The molecule has 0 bridgehead atoms.